The first-order chi connectivity index (χ1) is 13.5. The molecule has 12 heteroatoms. The first-order valence-corrected chi connectivity index (χ1v) is 11.2. The normalized spacial score (nSPS) is 29.2. The Morgan fingerprint density at radius 3 is 1.72 bits per heavy atom. The second kappa shape index (κ2) is 10.3. The molecule has 0 saturated heterocycles. The molecule has 0 aliphatic heterocycles. The lowest BCUT2D eigenvalue weighted by molar-refractivity contribution is -0.645. The van der Waals surface area contributed by atoms with E-state index in [9.17, 15) is 5.21 Å². The lowest BCUT2D eigenvalue weighted by Gasteiger charge is -2.37. The van der Waals surface area contributed by atoms with Gasteiger partial charge in [0.1, 0.15) is 0 Å². The summed E-state index contributed by atoms with van der Waals surface area (Å²) in [6.45, 7) is 0. The summed E-state index contributed by atoms with van der Waals surface area (Å²) < 4.78 is 3.56. The fourth-order valence-corrected chi connectivity index (χ4v) is 5.29. The van der Waals surface area contributed by atoms with Gasteiger partial charge in [0.2, 0.25) is 0 Å². The van der Waals surface area contributed by atoms with Gasteiger partial charge in [0.05, 0.1) is 65.7 Å². The molecule has 1 fully saturated rings. The van der Waals surface area contributed by atoms with Gasteiger partial charge < -0.3 is 5.21 Å². The van der Waals surface area contributed by atoms with Gasteiger partial charge >= 0.3 is 5.96 Å². The Labute approximate surface area is 200 Å². The van der Waals surface area contributed by atoms with Crippen molar-refractivity contribution in [1.29, 1.82) is 0 Å². The lowest BCUT2D eigenvalue weighted by atomic mass is 9.97. The monoisotopic (exact) mass is 522 g/mol. The van der Waals surface area contributed by atoms with Crippen LogP contribution in [0.4, 0.5) is 0 Å². The van der Waals surface area contributed by atoms with E-state index in [0.717, 1.165) is 11.5 Å². The minimum atomic E-state index is -0.437. The molecule has 0 unspecified atom stereocenters. The Bertz CT molecular complexity index is 813. The first kappa shape index (κ1) is 24.9. The van der Waals surface area contributed by atoms with E-state index < -0.39 is 32.3 Å². The Hall–Kier alpha value is -0.370. The molecule has 29 heavy (non-hydrogen) atoms. The summed E-state index contributed by atoms with van der Waals surface area (Å²) in [6, 6.07) is 7.36. The van der Waals surface area contributed by atoms with Gasteiger partial charge in [-0.15, -0.1) is 74.5 Å². The summed E-state index contributed by atoms with van der Waals surface area (Å²) in [5, 5.41) is 13.1. The Morgan fingerprint density at radius 2 is 1.34 bits per heavy atom. The van der Waals surface area contributed by atoms with Crippen molar-refractivity contribution in [2.24, 2.45) is 0 Å². The molecular formula is C17H22Cl6N5O+. The molecule has 0 radical (unpaired) electrons. The van der Waals surface area contributed by atoms with E-state index in [2.05, 4.69) is 5.21 Å². The summed E-state index contributed by atoms with van der Waals surface area (Å²) >= 11 is 35.3. The third-order valence-electron chi connectivity index (χ3n) is 4.30. The van der Waals surface area contributed by atoms with E-state index in [1.807, 2.05) is 55.9 Å². The highest BCUT2D eigenvalue weighted by atomic mass is 35.5. The largest absolute Gasteiger partial charge is 0.691 e. The topological polar surface area (TPSA) is 51.0 Å². The molecule has 1 heterocycles. The van der Waals surface area contributed by atoms with Gasteiger partial charge in [0.15, 0.2) is 11.0 Å². The SMILES string of the molecule is CN(C)C(n1n[n+]([O-])c2ccccc21)=[N+](C)C.Cl[C@H]1[C@H](Cl)[C@@H](Cl)[C@@H](Cl)[C@H](Cl)[C@H]1Cl. The molecule has 1 aromatic carbocycles. The fourth-order valence-electron chi connectivity index (χ4n) is 2.96. The highest BCUT2D eigenvalue weighted by Gasteiger charge is 2.46. The molecule has 0 N–H and O–H groups in total. The Kier molecular flexibility index (Phi) is 8.84. The van der Waals surface area contributed by atoms with Crippen LogP contribution in [-0.4, -0.2) is 85.8 Å². The minimum absolute atomic E-state index is 0.437. The van der Waals surface area contributed by atoms with Crippen LogP contribution in [0.1, 0.15) is 0 Å². The molecule has 3 rings (SSSR count). The summed E-state index contributed by atoms with van der Waals surface area (Å²) in [7, 11) is 7.67. The Balaban J connectivity index is 0.000000221. The van der Waals surface area contributed by atoms with Crippen molar-refractivity contribution in [3.8, 4) is 0 Å². The van der Waals surface area contributed by atoms with Gasteiger partial charge in [-0.1, -0.05) is 16.8 Å². The molecule has 0 spiro atoms. The molecule has 1 aliphatic rings. The van der Waals surface area contributed by atoms with Crippen LogP contribution >= 0.6 is 69.6 Å². The number of hydrogen-bond donors (Lipinski definition) is 0. The van der Waals surface area contributed by atoms with Crippen LogP contribution in [0.2, 0.25) is 0 Å². The smallest absolute Gasteiger partial charge is 0.382 e. The number of para-hydroxylation sites is 2. The molecule has 2 aromatic rings. The number of benzene rings is 1. The van der Waals surface area contributed by atoms with Crippen molar-refractivity contribution >= 4 is 86.6 Å². The van der Waals surface area contributed by atoms with Gasteiger partial charge in [0.25, 0.3) is 0 Å². The van der Waals surface area contributed by atoms with Crippen molar-refractivity contribution in [3.05, 3.63) is 29.5 Å². The predicted molar refractivity (Wildman–Crippen MR) is 123 cm³/mol. The van der Waals surface area contributed by atoms with Crippen molar-refractivity contribution in [3.63, 3.8) is 0 Å². The number of halogens is 6. The number of hydrogen-bond acceptors (Lipinski definition) is 2. The summed E-state index contributed by atoms with van der Waals surface area (Å²) in [5.74, 6) is 0.829. The number of aromatic nitrogens is 3. The second-order valence-corrected chi connectivity index (χ2v) is 9.94. The Morgan fingerprint density at radius 1 is 0.931 bits per heavy atom. The zero-order valence-corrected chi connectivity index (χ0v) is 20.7. The quantitative estimate of drug-likeness (QED) is 0.175. The summed E-state index contributed by atoms with van der Waals surface area (Å²) in [5.41, 5.74) is 1.36. The lowest BCUT2D eigenvalue weighted by Crippen LogP contribution is -2.52. The summed E-state index contributed by atoms with van der Waals surface area (Å²) in [4.78, 5) is 2.56. The maximum atomic E-state index is 11.7. The van der Waals surface area contributed by atoms with E-state index in [-0.39, 0.29) is 0 Å². The second-order valence-electron chi connectivity index (χ2n) is 6.92. The third kappa shape index (κ3) is 5.28. The number of alkyl halides is 6. The van der Waals surface area contributed by atoms with Crippen LogP contribution in [0, 0.1) is 5.21 Å². The van der Waals surface area contributed by atoms with Gasteiger partial charge in [-0.25, -0.2) is 0 Å². The number of rotatable bonds is 0. The maximum absolute atomic E-state index is 11.7. The molecule has 0 amide bonds. The van der Waals surface area contributed by atoms with Crippen molar-refractivity contribution < 1.29 is 9.42 Å². The molecule has 6 nitrogen and oxygen atoms in total. The highest BCUT2D eigenvalue weighted by Crippen LogP contribution is 2.39. The van der Waals surface area contributed by atoms with Crippen molar-refractivity contribution in [2.75, 3.05) is 28.2 Å². The molecule has 0 atom stereocenters. The molecule has 1 aromatic heterocycles. The molecule has 162 valence electrons. The predicted octanol–water partition coefficient (Wildman–Crippen LogP) is 3.35. The third-order valence-corrected chi connectivity index (χ3v) is 8.33. The zero-order valence-electron chi connectivity index (χ0n) is 16.2. The number of fused-ring (bicyclic) bond motifs is 1. The van der Waals surface area contributed by atoms with Gasteiger partial charge in [-0.2, -0.15) is 0 Å². The van der Waals surface area contributed by atoms with Crippen molar-refractivity contribution in [1.82, 2.24) is 14.8 Å². The molecule has 0 bridgehead atoms. The number of nitrogens with zero attached hydrogens (tertiary/aromatic N) is 5. The van der Waals surface area contributed by atoms with Crippen LogP contribution in [-0.2, 0) is 0 Å². The maximum Gasteiger partial charge on any atom is 0.382 e. The van der Waals surface area contributed by atoms with Crippen LogP contribution in [0.5, 0.6) is 0 Å². The summed E-state index contributed by atoms with van der Waals surface area (Å²) in [6.07, 6.45) is 0. The van der Waals surface area contributed by atoms with E-state index in [4.69, 9.17) is 69.6 Å². The molecular weight excluding hydrogens is 503 g/mol. The van der Waals surface area contributed by atoms with Gasteiger partial charge in [-0.3, -0.25) is 9.48 Å². The highest BCUT2D eigenvalue weighted by molar-refractivity contribution is 6.45. The van der Waals surface area contributed by atoms with Gasteiger partial charge in [0, 0.05) is 0 Å². The van der Waals surface area contributed by atoms with E-state index in [0.29, 0.717) is 10.4 Å². The van der Waals surface area contributed by atoms with E-state index in [1.165, 1.54) is 0 Å². The van der Waals surface area contributed by atoms with Crippen LogP contribution in [0.25, 0.3) is 11.0 Å². The fraction of sp³-hybridized carbons (Fsp3) is 0.588. The molecule has 1 saturated carbocycles. The van der Waals surface area contributed by atoms with Crippen LogP contribution in [0.3, 0.4) is 0 Å². The average Bonchev–Trinajstić information content (AvgIpc) is 3.00. The zero-order chi connectivity index (χ0) is 22.0. The van der Waals surface area contributed by atoms with Crippen LogP contribution in [0.15, 0.2) is 24.3 Å². The van der Waals surface area contributed by atoms with E-state index >= 15 is 0 Å². The van der Waals surface area contributed by atoms with Crippen LogP contribution < -0.4 is 4.85 Å². The van der Waals surface area contributed by atoms with E-state index in [1.54, 1.807) is 10.7 Å². The first-order valence-electron chi connectivity index (χ1n) is 8.63. The average molecular weight is 525 g/mol. The van der Waals surface area contributed by atoms with Gasteiger partial charge in [-0.05, 0) is 12.1 Å². The molecule has 1 aliphatic carbocycles. The minimum Gasteiger partial charge on any atom is -0.691 e. The van der Waals surface area contributed by atoms with Crippen molar-refractivity contribution in [2.45, 2.75) is 32.3 Å². The standard InChI is InChI=1S/C11H16N5O.C6H6Cl6/c1-13(2)11(14(3)4)15-9-7-5-6-8-10(9)16(17)12-15;7-1-2(8)4(10)6(12)5(11)3(1)9/h5-8H,1-4H3;1-6H/q+1;/t;1-,2-,3-,4+,5+,6+.